The van der Waals surface area contributed by atoms with Gasteiger partial charge in [0.2, 0.25) is 5.91 Å². The minimum absolute atomic E-state index is 0.308. The van der Waals surface area contributed by atoms with Crippen molar-refractivity contribution in [3.05, 3.63) is 17.6 Å². The van der Waals surface area contributed by atoms with Crippen LogP contribution in [0.3, 0.4) is 0 Å². The van der Waals surface area contributed by atoms with E-state index >= 15 is 0 Å². The molecular formula is C19H31N5O. The first-order valence-corrected chi connectivity index (χ1v) is 9.48. The zero-order chi connectivity index (χ0) is 18.0. The van der Waals surface area contributed by atoms with Crippen LogP contribution in [0.2, 0.25) is 0 Å². The van der Waals surface area contributed by atoms with Crippen LogP contribution in [0, 0.1) is 6.92 Å². The first-order chi connectivity index (χ1) is 11.9. The lowest BCUT2D eigenvalue weighted by Crippen LogP contribution is -2.59. The second-order valence-electron chi connectivity index (χ2n) is 7.69. The molecule has 3 rings (SSSR count). The molecule has 0 aliphatic carbocycles. The number of rotatable bonds is 3. The molecule has 2 fully saturated rings. The second-order valence-corrected chi connectivity index (χ2v) is 7.69. The lowest BCUT2D eigenvalue weighted by Gasteiger charge is -2.45. The summed E-state index contributed by atoms with van der Waals surface area (Å²) in [5, 5.41) is 3.11. The Kier molecular flexibility index (Phi) is 5.27. The number of anilines is 1. The number of hydrogen-bond acceptors (Lipinski definition) is 5. The largest absolute Gasteiger partial charge is 0.373 e. The van der Waals surface area contributed by atoms with Crippen LogP contribution in [0.5, 0.6) is 0 Å². The summed E-state index contributed by atoms with van der Waals surface area (Å²) in [5.41, 5.74) is 0.778. The van der Waals surface area contributed by atoms with Crippen molar-refractivity contribution in [3.8, 4) is 0 Å². The van der Waals surface area contributed by atoms with Crippen LogP contribution in [-0.4, -0.2) is 64.9 Å². The standard InChI is InChI=1S/C19H31N5O/c1-14-21-16(13-17(20-3)22-14)15-7-11-24(12-8-15)18(25)19(2)9-5-6-10-23(19)4/h13,15H,5-12H2,1-4H3,(H,20,21,22). The van der Waals surface area contributed by atoms with Crippen molar-refractivity contribution in [3.63, 3.8) is 0 Å². The third kappa shape index (κ3) is 3.64. The first kappa shape index (κ1) is 18.1. The number of likely N-dealkylation sites (N-methyl/N-ethyl adjacent to an activating group) is 1. The molecule has 2 aliphatic heterocycles. The fourth-order valence-corrected chi connectivity index (χ4v) is 4.17. The predicted molar refractivity (Wildman–Crippen MR) is 99.8 cm³/mol. The van der Waals surface area contributed by atoms with Crippen LogP contribution in [-0.2, 0) is 4.79 Å². The fraction of sp³-hybridized carbons (Fsp3) is 0.737. The summed E-state index contributed by atoms with van der Waals surface area (Å²) in [7, 11) is 3.97. The summed E-state index contributed by atoms with van der Waals surface area (Å²) in [6.45, 7) is 6.72. The molecule has 1 N–H and O–H groups in total. The van der Waals surface area contributed by atoms with E-state index in [0.717, 1.165) is 62.7 Å². The summed E-state index contributed by atoms with van der Waals surface area (Å²) in [4.78, 5) is 26.5. The van der Waals surface area contributed by atoms with Gasteiger partial charge in [0.1, 0.15) is 11.6 Å². The van der Waals surface area contributed by atoms with Gasteiger partial charge in [-0.25, -0.2) is 9.97 Å². The summed E-state index contributed by atoms with van der Waals surface area (Å²) < 4.78 is 0. The van der Waals surface area contributed by atoms with Crippen LogP contribution in [0.1, 0.15) is 56.5 Å². The third-order valence-electron chi connectivity index (χ3n) is 6.02. The Morgan fingerprint density at radius 2 is 1.96 bits per heavy atom. The Labute approximate surface area is 151 Å². The van der Waals surface area contributed by atoms with Crippen LogP contribution < -0.4 is 5.32 Å². The number of aromatic nitrogens is 2. The number of nitrogens with zero attached hydrogens (tertiary/aromatic N) is 4. The fourth-order valence-electron chi connectivity index (χ4n) is 4.17. The number of amides is 1. The molecule has 0 bridgehead atoms. The van der Waals surface area contributed by atoms with Crippen LogP contribution in [0.25, 0.3) is 0 Å². The molecule has 3 heterocycles. The van der Waals surface area contributed by atoms with Gasteiger partial charge in [0.25, 0.3) is 0 Å². The molecule has 0 saturated carbocycles. The van der Waals surface area contributed by atoms with E-state index < -0.39 is 0 Å². The molecule has 2 aliphatic rings. The number of likely N-dealkylation sites (tertiary alicyclic amines) is 2. The number of hydrogen-bond donors (Lipinski definition) is 1. The number of aryl methyl sites for hydroxylation is 1. The smallest absolute Gasteiger partial charge is 0.242 e. The summed E-state index contributed by atoms with van der Waals surface area (Å²) >= 11 is 0. The molecule has 1 unspecified atom stereocenters. The molecule has 1 atom stereocenters. The molecule has 1 amide bonds. The highest BCUT2D eigenvalue weighted by Gasteiger charge is 2.42. The summed E-state index contributed by atoms with van der Waals surface area (Å²) in [6.07, 6.45) is 5.27. The van der Waals surface area contributed by atoms with Gasteiger partial charge in [-0.2, -0.15) is 0 Å². The predicted octanol–water partition coefficient (Wildman–Crippen LogP) is 2.41. The molecule has 2 saturated heterocycles. The Hall–Kier alpha value is -1.69. The lowest BCUT2D eigenvalue weighted by atomic mass is 9.86. The Bertz CT molecular complexity index is 626. The van der Waals surface area contributed by atoms with Gasteiger partial charge < -0.3 is 10.2 Å². The topological polar surface area (TPSA) is 61.4 Å². The van der Waals surface area contributed by atoms with Crippen molar-refractivity contribution in [2.75, 3.05) is 39.0 Å². The third-order valence-corrected chi connectivity index (χ3v) is 6.02. The van der Waals surface area contributed by atoms with Gasteiger partial charge >= 0.3 is 0 Å². The molecule has 1 aromatic heterocycles. The van der Waals surface area contributed by atoms with Gasteiger partial charge in [-0.05, 0) is 59.5 Å². The van der Waals surface area contributed by atoms with Crippen molar-refractivity contribution in [1.82, 2.24) is 19.8 Å². The normalized spacial score (nSPS) is 25.8. The van der Waals surface area contributed by atoms with E-state index in [4.69, 9.17) is 0 Å². The van der Waals surface area contributed by atoms with E-state index in [9.17, 15) is 4.79 Å². The van der Waals surface area contributed by atoms with Crippen LogP contribution >= 0.6 is 0 Å². The maximum absolute atomic E-state index is 13.1. The van der Waals surface area contributed by atoms with E-state index in [0.29, 0.717) is 11.8 Å². The molecule has 0 aromatic carbocycles. The maximum atomic E-state index is 13.1. The van der Waals surface area contributed by atoms with Crippen molar-refractivity contribution in [2.24, 2.45) is 0 Å². The molecule has 0 radical (unpaired) electrons. The highest BCUT2D eigenvalue weighted by atomic mass is 16.2. The Balaban J connectivity index is 1.65. The molecule has 0 spiro atoms. The van der Waals surface area contributed by atoms with Crippen molar-refractivity contribution in [1.29, 1.82) is 0 Å². The maximum Gasteiger partial charge on any atom is 0.242 e. The van der Waals surface area contributed by atoms with Crippen molar-refractivity contribution in [2.45, 2.75) is 57.4 Å². The van der Waals surface area contributed by atoms with E-state index in [-0.39, 0.29) is 5.54 Å². The second kappa shape index (κ2) is 7.28. The number of nitrogens with one attached hydrogen (secondary N) is 1. The van der Waals surface area contributed by atoms with Gasteiger partial charge in [0, 0.05) is 37.8 Å². The number of carbonyl (C=O) groups excluding carboxylic acids is 1. The van der Waals surface area contributed by atoms with E-state index in [1.807, 2.05) is 20.0 Å². The average Bonchev–Trinajstić information content (AvgIpc) is 2.63. The van der Waals surface area contributed by atoms with Gasteiger partial charge in [-0.1, -0.05) is 0 Å². The monoisotopic (exact) mass is 345 g/mol. The molecular weight excluding hydrogens is 314 g/mol. The van der Waals surface area contributed by atoms with Crippen LogP contribution in [0.4, 0.5) is 5.82 Å². The van der Waals surface area contributed by atoms with E-state index in [1.54, 1.807) is 0 Å². The van der Waals surface area contributed by atoms with E-state index in [2.05, 4.69) is 39.1 Å². The minimum Gasteiger partial charge on any atom is -0.373 e. The molecule has 138 valence electrons. The molecule has 25 heavy (non-hydrogen) atoms. The average molecular weight is 345 g/mol. The lowest BCUT2D eigenvalue weighted by molar-refractivity contribution is -0.146. The number of piperidine rings is 2. The van der Waals surface area contributed by atoms with Crippen molar-refractivity contribution < 1.29 is 4.79 Å². The molecule has 6 nitrogen and oxygen atoms in total. The molecule has 1 aromatic rings. The Morgan fingerprint density at radius 3 is 2.60 bits per heavy atom. The zero-order valence-electron chi connectivity index (χ0n) is 16.0. The van der Waals surface area contributed by atoms with Gasteiger partial charge in [0.15, 0.2) is 0 Å². The van der Waals surface area contributed by atoms with Crippen LogP contribution in [0.15, 0.2) is 6.07 Å². The van der Waals surface area contributed by atoms with Gasteiger partial charge in [0.05, 0.1) is 5.54 Å². The summed E-state index contributed by atoms with van der Waals surface area (Å²) in [6, 6.07) is 2.05. The van der Waals surface area contributed by atoms with E-state index in [1.165, 1.54) is 6.42 Å². The van der Waals surface area contributed by atoms with Gasteiger partial charge in [-0.15, -0.1) is 0 Å². The highest BCUT2D eigenvalue weighted by Crippen LogP contribution is 2.32. The van der Waals surface area contributed by atoms with Gasteiger partial charge in [-0.3, -0.25) is 9.69 Å². The summed E-state index contributed by atoms with van der Waals surface area (Å²) in [5.74, 6) is 2.40. The zero-order valence-corrected chi connectivity index (χ0v) is 16.0. The minimum atomic E-state index is -0.324. The SMILES string of the molecule is CNc1cc(C2CCN(C(=O)C3(C)CCCCN3C)CC2)nc(C)n1. The molecule has 6 heteroatoms. The quantitative estimate of drug-likeness (QED) is 0.911. The number of carbonyl (C=O) groups is 1. The highest BCUT2D eigenvalue weighted by molar-refractivity contribution is 5.86. The first-order valence-electron chi connectivity index (χ1n) is 9.48. The Morgan fingerprint density at radius 1 is 1.24 bits per heavy atom. The van der Waals surface area contributed by atoms with Crippen molar-refractivity contribution >= 4 is 11.7 Å².